The maximum atomic E-state index is 12.4. The first kappa shape index (κ1) is 20.5. The van der Waals surface area contributed by atoms with Crippen LogP contribution in [-0.2, 0) is 0 Å². The Morgan fingerprint density at radius 1 is 1.00 bits per heavy atom. The number of hydrazone groups is 1. The number of nitro benzene ring substituents is 1. The molecule has 1 heterocycles. The molecule has 0 atom stereocenters. The number of hydrogen-bond donors (Lipinski definition) is 2. The van der Waals surface area contributed by atoms with Gasteiger partial charge in [0, 0.05) is 40.2 Å². The molecule has 2 amide bonds. The molecule has 0 bridgehead atoms. The van der Waals surface area contributed by atoms with Crippen molar-refractivity contribution in [3.63, 3.8) is 0 Å². The average molecular weight is 405 g/mol. The monoisotopic (exact) mass is 405 g/mol. The summed E-state index contributed by atoms with van der Waals surface area (Å²) in [6.45, 7) is 3.64. The normalized spacial score (nSPS) is 10.7. The van der Waals surface area contributed by atoms with Crippen LogP contribution in [0.5, 0.6) is 0 Å². The first-order valence-corrected chi connectivity index (χ1v) is 9.00. The zero-order valence-corrected chi connectivity index (χ0v) is 16.3. The molecule has 0 unspecified atom stereocenters. The van der Waals surface area contributed by atoms with Crippen molar-refractivity contribution in [3.8, 4) is 0 Å². The lowest BCUT2D eigenvalue weighted by Gasteiger charge is -2.11. The van der Waals surface area contributed by atoms with Gasteiger partial charge in [0.15, 0.2) is 0 Å². The zero-order valence-electron chi connectivity index (χ0n) is 16.3. The van der Waals surface area contributed by atoms with Crippen molar-refractivity contribution in [2.24, 2.45) is 5.10 Å². The predicted molar refractivity (Wildman–Crippen MR) is 112 cm³/mol. The van der Waals surface area contributed by atoms with E-state index < -0.39 is 10.8 Å². The van der Waals surface area contributed by atoms with Crippen LogP contribution in [-0.4, -0.2) is 27.6 Å². The van der Waals surface area contributed by atoms with Crippen LogP contribution in [0.3, 0.4) is 0 Å². The van der Waals surface area contributed by atoms with E-state index in [2.05, 4.69) is 16.0 Å². The standard InChI is InChI=1S/C21H19N5O4/c1-14-11-18(15(2)25(14)24-21(28)16-7-4-3-5-8-16)13-22-23-20(27)17-9-6-10-19(12-17)26(29)30/h3-13H,1-2H3,(H,23,27)(H,24,28)/b22-13-. The van der Waals surface area contributed by atoms with Crippen LogP contribution in [0.2, 0.25) is 0 Å². The van der Waals surface area contributed by atoms with Crippen molar-refractivity contribution in [1.29, 1.82) is 0 Å². The van der Waals surface area contributed by atoms with E-state index in [1.807, 2.05) is 26.0 Å². The maximum Gasteiger partial charge on any atom is 0.271 e. The van der Waals surface area contributed by atoms with Crippen LogP contribution in [0, 0.1) is 24.0 Å². The number of non-ortho nitro benzene ring substituents is 1. The molecule has 152 valence electrons. The fraction of sp³-hybridized carbons (Fsp3) is 0.0952. The van der Waals surface area contributed by atoms with Crippen LogP contribution in [0.25, 0.3) is 0 Å². The van der Waals surface area contributed by atoms with E-state index in [0.29, 0.717) is 11.1 Å². The Hall–Kier alpha value is -4.27. The van der Waals surface area contributed by atoms with Gasteiger partial charge in [0.1, 0.15) is 0 Å². The number of hydrogen-bond acceptors (Lipinski definition) is 5. The molecule has 0 aliphatic carbocycles. The van der Waals surface area contributed by atoms with E-state index in [1.165, 1.54) is 30.5 Å². The van der Waals surface area contributed by atoms with Gasteiger partial charge in [0.2, 0.25) is 0 Å². The third-order valence-corrected chi connectivity index (χ3v) is 4.41. The van der Waals surface area contributed by atoms with E-state index in [4.69, 9.17) is 0 Å². The minimum atomic E-state index is -0.571. The Balaban J connectivity index is 1.70. The van der Waals surface area contributed by atoms with E-state index in [1.54, 1.807) is 28.9 Å². The second kappa shape index (κ2) is 8.82. The van der Waals surface area contributed by atoms with Crippen molar-refractivity contribution in [3.05, 3.63) is 98.9 Å². The number of nitrogens with zero attached hydrogens (tertiary/aromatic N) is 3. The lowest BCUT2D eigenvalue weighted by Crippen LogP contribution is -2.24. The summed E-state index contributed by atoms with van der Waals surface area (Å²) in [4.78, 5) is 34.8. The number of carbonyl (C=O) groups excluding carboxylic acids is 2. The number of benzene rings is 2. The van der Waals surface area contributed by atoms with Gasteiger partial charge in [-0.1, -0.05) is 24.3 Å². The highest BCUT2D eigenvalue weighted by Crippen LogP contribution is 2.14. The summed E-state index contributed by atoms with van der Waals surface area (Å²) in [5, 5.41) is 14.8. The summed E-state index contributed by atoms with van der Waals surface area (Å²) in [5.41, 5.74) is 7.85. The zero-order chi connectivity index (χ0) is 21.7. The van der Waals surface area contributed by atoms with Crippen LogP contribution < -0.4 is 10.9 Å². The molecule has 3 rings (SSSR count). The Labute approximate surface area is 172 Å². The molecule has 0 saturated heterocycles. The highest BCUT2D eigenvalue weighted by atomic mass is 16.6. The molecule has 9 nitrogen and oxygen atoms in total. The van der Waals surface area contributed by atoms with Gasteiger partial charge in [-0.25, -0.2) is 5.43 Å². The van der Waals surface area contributed by atoms with Crippen molar-refractivity contribution < 1.29 is 14.5 Å². The summed E-state index contributed by atoms with van der Waals surface area (Å²) in [7, 11) is 0. The predicted octanol–water partition coefficient (Wildman–Crippen LogP) is 3.16. The van der Waals surface area contributed by atoms with Gasteiger partial charge in [-0.2, -0.15) is 5.10 Å². The van der Waals surface area contributed by atoms with Gasteiger partial charge in [-0.3, -0.25) is 29.8 Å². The topological polar surface area (TPSA) is 119 Å². The van der Waals surface area contributed by atoms with E-state index in [9.17, 15) is 19.7 Å². The van der Waals surface area contributed by atoms with Crippen molar-refractivity contribution >= 4 is 23.7 Å². The van der Waals surface area contributed by atoms with Crippen LogP contribution in [0.4, 0.5) is 5.69 Å². The Morgan fingerprint density at radius 2 is 1.70 bits per heavy atom. The first-order valence-electron chi connectivity index (χ1n) is 9.00. The number of nitro groups is 1. The largest absolute Gasteiger partial charge is 0.271 e. The molecule has 30 heavy (non-hydrogen) atoms. The van der Waals surface area contributed by atoms with E-state index in [-0.39, 0.29) is 17.2 Å². The fourth-order valence-corrected chi connectivity index (χ4v) is 2.83. The first-order chi connectivity index (χ1) is 14.4. The highest BCUT2D eigenvalue weighted by molar-refractivity contribution is 6.00. The molecule has 2 N–H and O–H groups in total. The lowest BCUT2D eigenvalue weighted by molar-refractivity contribution is -0.384. The van der Waals surface area contributed by atoms with Crippen LogP contribution >= 0.6 is 0 Å². The van der Waals surface area contributed by atoms with E-state index >= 15 is 0 Å². The summed E-state index contributed by atoms with van der Waals surface area (Å²) in [6, 6.07) is 16.0. The van der Waals surface area contributed by atoms with Crippen LogP contribution in [0.1, 0.15) is 37.7 Å². The highest BCUT2D eigenvalue weighted by Gasteiger charge is 2.13. The SMILES string of the molecule is Cc1cc(/C=N\NC(=O)c2cccc([N+](=O)[O-])c2)c(C)n1NC(=O)c1ccccc1. The Bertz CT molecular complexity index is 1140. The number of amides is 2. The van der Waals surface area contributed by atoms with Gasteiger partial charge in [-0.15, -0.1) is 0 Å². The van der Waals surface area contributed by atoms with Crippen LogP contribution in [0.15, 0.2) is 65.8 Å². The number of nitrogens with one attached hydrogen (secondary N) is 2. The summed E-state index contributed by atoms with van der Waals surface area (Å²) in [5.74, 6) is -0.819. The summed E-state index contributed by atoms with van der Waals surface area (Å²) >= 11 is 0. The molecule has 0 saturated carbocycles. The summed E-state index contributed by atoms with van der Waals surface area (Å²) < 4.78 is 1.64. The average Bonchev–Trinajstić information content (AvgIpc) is 3.01. The molecule has 0 spiro atoms. The van der Waals surface area contributed by atoms with E-state index in [0.717, 1.165) is 11.4 Å². The third kappa shape index (κ3) is 4.58. The minimum absolute atomic E-state index is 0.127. The third-order valence-electron chi connectivity index (χ3n) is 4.41. The quantitative estimate of drug-likeness (QED) is 0.372. The fourth-order valence-electron chi connectivity index (χ4n) is 2.83. The van der Waals surface area contributed by atoms with Gasteiger partial charge < -0.3 is 0 Å². The van der Waals surface area contributed by atoms with Gasteiger partial charge >= 0.3 is 0 Å². The van der Waals surface area contributed by atoms with Crippen molar-refractivity contribution in [1.82, 2.24) is 10.1 Å². The molecule has 0 fully saturated rings. The second-order valence-electron chi connectivity index (χ2n) is 6.48. The number of aryl methyl sites for hydroxylation is 1. The molecule has 9 heteroatoms. The molecular formula is C21H19N5O4. The number of rotatable bonds is 6. The van der Waals surface area contributed by atoms with Crippen molar-refractivity contribution in [2.75, 3.05) is 5.43 Å². The lowest BCUT2D eigenvalue weighted by atomic mass is 10.2. The maximum absolute atomic E-state index is 12.4. The molecule has 1 aromatic heterocycles. The smallest absolute Gasteiger partial charge is 0.267 e. The molecular weight excluding hydrogens is 386 g/mol. The molecule has 0 aliphatic heterocycles. The van der Waals surface area contributed by atoms with Gasteiger partial charge in [-0.05, 0) is 38.1 Å². The second-order valence-corrected chi connectivity index (χ2v) is 6.48. The van der Waals surface area contributed by atoms with Gasteiger partial charge in [0.05, 0.1) is 11.1 Å². The molecule has 0 aliphatic rings. The number of aromatic nitrogens is 1. The molecule has 0 radical (unpaired) electrons. The molecule has 3 aromatic rings. The van der Waals surface area contributed by atoms with Gasteiger partial charge in [0.25, 0.3) is 17.5 Å². The number of carbonyl (C=O) groups is 2. The van der Waals surface area contributed by atoms with Crippen molar-refractivity contribution in [2.45, 2.75) is 13.8 Å². The minimum Gasteiger partial charge on any atom is -0.267 e. The Morgan fingerprint density at radius 3 is 2.40 bits per heavy atom. The molecule has 2 aromatic carbocycles. The summed E-state index contributed by atoms with van der Waals surface area (Å²) in [6.07, 6.45) is 1.45. The Kier molecular flexibility index (Phi) is 6.02.